The Kier molecular flexibility index (Phi) is 3.10. The van der Waals surface area contributed by atoms with E-state index in [0.29, 0.717) is 11.8 Å². The first-order valence-electron chi connectivity index (χ1n) is 7.69. The molecular formula is C16H20N6. The van der Waals surface area contributed by atoms with Crippen LogP contribution in [0.5, 0.6) is 0 Å². The van der Waals surface area contributed by atoms with Gasteiger partial charge in [0, 0.05) is 49.4 Å². The van der Waals surface area contributed by atoms with Gasteiger partial charge in [0.05, 0.1) is 6.34 Å². The van der Waals surface area contributed by atoms with Crippen LogP contribution in [0.1, 0.15) is 12.5 Å². The Morgan fingerprint density at radius 1 is 1.32 bits per heavy atom. The molecule has 6 heteroatoms. The molecule has 2 unspecified atom stereocenters. The molecule has 0 aliphatic carbocycles. The predicted molar refractivity (Wildman–Crippen MR) is 88.2 cm³/mol. The minimum absolute atomic E-state index is 0.0922. The van der Waals surface area contributed by atoms with Crippen molar-refractivity contribution in [1.82, 2.24) is 20.2 Å². The fourth-order valence-corrected chi connectivity index (χ4v) is 3.38. The summed E-state index contributed by atoms with van der Waals surface area (Å²) < 4.78 is 0. The first kappa shape index (κ1) is 13.3. The van der Waals surface area contributed by atoms with Crippen molar-refractivity contribution in [3.63, 3.8) is 0 Å². The number of amidine groups is 1. The Hall–Kier alpha value is -2.37. The van der Waals surface area contributed by atoms with E-state index in [9.17, 15) is 0 Å². The summed E-state index contributed by atoms with van der Waals surface area (Å²) >= 11 is 0. The number of nitrogens with one attached hydrogen (secondary N) is 2. The SMILES string of the molecule is CC1CN(C)C=NC2NC(c3ccnc4[nH]ccc34)=NC[C@@H]12. The maximum Gasteiger partial charge on any atom is 0.137 e. The average molecular weight is 296 g/mol. The van der Waals surface area contributed by atoms with E-state index < -0.39 is 0 Å². The Morgan fingerprint density at radius 2 is 2.23 bits per heavy atom. The zero-order valence-corrected chi connectivity index (χ0v) is 12.8. The fourth-order valence-electron chi connectivity index (χ4n) is 3.38. The summed E-state index contributed by atoms with van der Waals surface area (Å²) in [6.45, 7) is 4.12. The smallest absolute Gasteiger partial charge is 0.137 e. The number of hydrogen-bond donors (Lipinski definition) is 2. The summed E-state index contributed by atoms with van der Waals surface area (Å²) in [5, 5.41) is 4.62. The molecular weight excluding hydrogens is 276 g/mol. The molecule has 2 N–H and O–H groups in total. The topological polar surface area (TPSA) is 68.7 Å². The fraction of sp³-hybridized carbons (Fsp3) is 0.438. The van der Waals surface area contributed by atoms with Crippen LogP contribution in [0.2, 0.25) is 0 Å². The third-order valence-corrected chi connectivity index (χ3v) is 4.60. The summed E-state index contributed by atoms with van der Waals surface area (Å²) in [4.78, 5) is 19.2. The molecule has 3 atom stereocenters. The van der Waals surface area contributed by atoms with E-state index in [-0.39, 0.29) is 6.17 Å². The monoisotopic (exact) mass is 296 g/mol. The van der Waals surface area contributed by atoms with E-state index in [1.165, 1.54) is 0 Å². The highest BCUT2D eigenvalue weighted by Crippen LogP contribution is 2.25. The normalized spacial score (nSPS) is 28.0. The van der Waals surface area contributed by atoms with Crippen molar-refractivity contribution in [2.45, 2.75) is 13.1 Å². The van der Waals surface area contributed by atoms with Gasteiger partial charge in [0.25, 0.3) is 0 Å². The number of hydrogen-bond acceptors (Lipinski definition) is 5. The maximum atomic E-state index is 4.80. The van der Waals surface area contributed by atoms with Gasteiger partial charge in [0.2, 0.25) is 0 Å². The second-order valence-corrected chi connectivity index (χ2v) is 6.22. The molecule has 0 saturated carbocycles. The van der Waals surface area contributed by atoms with Crippen molar-refractivity contribution in [2.24, 2.45) is 21.8 Å². The van der Waals surface area contributed by atoms with E-state index in [0.717, 1.165) is 35.5 Å². The van der Waals surface area contributed by atoms with Crippen LogP contribution in [-0.4, -0.2) is 53.3 Å². The Morgan fingerprint density at radius 3 is 3.14 bits per heavy atom. The van der Waals surface area contributed by atoms with Crippen molar-refractivity contribution in [1.29, 1.82) is 0 Å². The minimum Gasteiger partial charge on any atom is -0.366 e. The lowest BCUT2D eigenvalue weighted by Crippen LogP contribution is -2.47. The van der Waals surface area contributed by atoms with E-state index in [1.54, 1.807) is 0 Å². The molecule has 0 spiro atoms. The number of aromatic amines is 1. The summed E-state index contributed by atoms with van der Waals surface area (Å²) in [5.74, 6) is 1.91. The number of aliphatic imine (C=N–C) groups is 2. The number of pyridine rings is 1. The highest BCUT2D eigenvalue weighted by Gasteiger charge is 2.33. The molecule has 114 valence electrons. The predicted octanol–water partition coefficient (Wildman–Crippen LogP) is 1.46. The molecule has 4 rings (SSSR count). The molecule has 2 aliphatic rings. The molecule has 0 fully saturated rings. The minimum atomic E-state index is 0.0922. The standard InChI is InChI=1S/C16H20N6/c1-10-8-22(2)9-20-16-13(10)7-19-15(21-16)12-4-6-18-14-11(12)3-5-17-14/h3-6,9-10,13,16H,7-8H2,1-2H3,(H,17,18)(H,19,21)/t10?,13-,16?/m0/s1. The second-order valence-electron chi connectivity index (χ2n) is 6.22. The molecule has 0 aromatic carbocycles. The Bertz CT molecular complexity index is 746. The molecule has 4 heterocycles. The molecule has 6 nitrogen and oxygen atoms in total. The van der Waals surface area contributed by atoms with Gasteiger partial charge in [-0.3, -0.25) is 9.98 Å². The van der Waals surface area contributed by atoms with Gasteiger partial charge in [-0.15, -0.1) is 0 Å². The second kappa shape index (κ2) is 5.12. The molecule has 0 radical (unpaired) electrons. The van der Waals surface area contributed by atoms with Crippen molar-refractivity contribution >= 4 is 23.2 Å². The molecule has 0 saturated heterocycles. The van der Waals surface area contributed by atoms with Gasteiger partial charge in [-0.2, -0.15) is 0 Å². The van der Waals surface area contributed by atoms with Gasteiger partial charge < -0.3 is 15.2 Å². The van der Waals surface area contributed by atoms with E-state index in [2.05, 4.69) is 34.2 Å². The summed E-state index contributed by atoms with van der Waals surface area (Å²) in [7, 11) is 2.07. The number of nitrogens with zero attached hydrogens (tertiary/aromatic N) is 4. The number of H-pyrrole nitrogens is 1. The van der Waals surface area contributed by atoms with Crippen LogP contribution >= 0.6 is 0 Å². The van der Waals surface area contributed by atoms with E-state index in [1.807, 2.05) is 30.9 Å². The van der Waals surface area contributed by atoms with E-state index >= 15 is 0 Å². The quantitative estimate of drug-likeness (QED) is 0.837. The van der Waals surface area contributed by atoms with E-state index in [4.69, 9.17) is 9.98 Å². The number of rotatable bonds is 1. The molecule has 22 heavy (non-hydrogen) atoms. The highest BCUT2D eigenvalue weighted by atomic mass is 15.2. The third-order valence-electron chi connectivity index (χ3n) is 4.60. The lowest BCUT2D eigenvalue weighted by Gasteiger charge is -2.32. The molecule has 0 amide bonds. The Balaban J connectivity index is 1.70. The zero-order valence-electron chi connectivity index (χ0n) is 12.8. The van der Waals surface area contributed by atoms with Gasteiger partial charge in [-0.25, -0.2) is 4.98 Å². The van der Waals surface area contributed by atoms with Gasteiger partial charge in [-0.05, 0) is 18.1 Å². The van der Waals surface area contributed by atoms with Gasteiger partial charge in [0.15, 0.2) is 0 Å². The zero-order chi connectivity index (χ0) is 15.1. The van der Waals surface area contributed by atoms with Crippen LogP contribution in [0.3, 0.4) is 0 Å². The van der Waals surface area contributed by atoms with Crippen LogP contribution in [0.4, 0.5) is 0 Å². The largest absolute Gasteiger partial charge is 0.366 e. The summed E-state index contributed by atoms with van der Waals surface area (Å²) in [6.07, 6.45) is 5.76. The van der Waals surface area contributed by atoms with Crippen LogP contribution in [-0.2, 0) is 0 Å². The molecule has 2 aliphatic heterocycles. The third kappa shape index (κ3) is 2.15. The maximum absolute atomic E-state index is 4.80. The highest BCUT2D eigenvalue weighted by molar-refractivity contribution is 6.08. The van der Waals surface area contributed by atoms with Crippen LogP contribution in [0.15, 0.2) is 34.5 Å². The van der Waals surface area contributed by atoms with Crippen LogP contribution in [0, 0.1) is 11.8 Å². The van der Waals surface area contributed by atoms with Crippen molar-refractivity contribution < 1.29 is 0 Å². The van der Waals surface area contributed by atoms with Crippen molar-refractivity contribution in [3.8, 4) is 0 Å². The molecule has 0 bridgehead atoms. The summed E-state index contributed by atoms with van der Waals surface area (Å²) in [6, 6.07) is 4.05. The van der Waals surface area contributed by atoms with Crippen LogP contribution < -0.4 is 5.32 Å². The van der Waals surface area contributed by atoms with Gasteiger partial charge in [-0.1, -0.05) is 6.92 Å². The Labute approximate surface area is 129 Å². The lowest BCUT2D eigenvalue weighted by atomic mass is 9.89. The lowest BCUT2D eigenvalue weighted by molar-refractivity contribution is 0.266. The van der Waals surface area contributed by atoms with Crippen molar-refractivity contribution in [2.75, 3.05) is 20.1 Å². The van der Waals surface area contributed by atoms with Crippen LogP contribution in [0.25, 0.3) is 11.0 Å². The number of aromatic nitrogens is 2. The average Bonchev–Trinajstić information content (AvgIpc) is 2.95. The molecule has 2 aromatic heterocycles. The molecule has 2 aromatic rings. The van der Waals surface area contributed by atoms with Gasteiger partial charge >= 0.3 is 0 Å². The summed E-state index contributed by atoms with van der Waals surface area (Å²) in [5.41, 5.74) is 1.98. The van der Waals surface area contributed by atoms with Gasteiger partial charge in [0.1, 0.15) is 17.6 Å². The number of fused-ring (bicyclic) bond motifs is 2. The first-order valence-corrected chi connectivity index (χ1v) is 7.69. The van der Waals surface area contributed by atoms with Crippen molar-refractivity contribution in [3.05, 3.63) is 30.1 Å². The first-order chi connectivity index (χ1) is 10.7.